The van der Waals surface area contributed by atoms with E-state index in [1.54, 1.807) is 18.5 Å². The van der Waals surface area contributed by atoms with Gasteiger partial charge in [0.25, 0.3) is 5.91 Å². The fraction of sp³-hybridized carbons (Fsp3) is 0.529. The molecule has 4 heterocycles. The molecule has 2 saturated heterocycles. The van der Waals surface area contributed by atoms with Crippen LogP contribution in [0.5, 0.6) is 0 Å². The van der Waals surface area contributed by atoms with Crippen molar-refractivity contribution in [3.8, 4) is 0 Å². The summed E-state index contributed by atoms with van der Waals surface area (Å²) in [6.07, 6.45) is 4.22. The van der Waals surface area contributed by atoms with Crippen molar-refractivity contribution in [2.75, 3.05) is 32.8 Å². The highest BCUT2D eigenvalue weighted by molar-refractivity contribution is 5.94. The second-order valence-electron chi connectivity index (χ2n) is 6.34. The molecule has 0 spiro atoms. The van der Waals surface area contributed by atoms with E-state index in [1.165, 1.54) is 0 Å². The van der Waals surface area contributed by atoms with Crippen molar-refractivity contribution < 1.29 is 9.53 Å². The Kier molecular flexibility index (Phi) is 4.12. The third-order valence-electron chi connectivity index (χ3n) is 5.04. The summed E-state index contributed by atoms with van der Waals surface area (Å²) in [5.41, 5.74) is 1.66. The van der Waals surface area contributed by atoms with Crippen molar-refractivity contribution in [1.29, 1.82) is 0 Å². The quantitative estimate of drug-likeness (QED) is 0.818. The minimum Gasteiger partial charge on any atom is -0.379 e. The monoisotopic (exact) mass is 327 g/mol. The van der Waals surface area contributed by atoms with Gasteiger partial charge in [0.1, 0.15) is 11.2 Å². The van der Waals surface area contributed by atoms with E-state index in [1.807, 2.05) is 11.0 Å². The largest absolute Gasteiger partial charge is 0.379 e. The van der Waals surface area contributed by atoms with Crippen LogP contribution in [0.1, 0.15) is 23.8 Å². The molecule has 7 heteroatoms. The maximum absolute atomic E-state index is 12.9. The Morgan fingerprint density at radius 2 is 1.96 bits per heavy atom. The van der Waals surface area contributed by atoms with Gasteiger partial charge >= 0.3 is 0 Å². The molecule has 2 fully saturated rings. The van der Waals surface area contributed by atoms with E-state index in [2.05, 4.69) is 26.8 Å². The molecule has 0 radical (unpaired) electrons. The lowest BCUT2D eigenvalue weighted by Gasteiger charge is -2.35. The Labute approximate surface area is 140 Å². The van der Waals surface area contributed by atoms with Gasteiger partial charge in [-0.05, 0) is 25.5 Å². The number of likely N-dealkylation sites (tertiary alicyclic amines) is 1. The molecule has 2 aliphatic rings. The van der Waals surface area contributed by atoms with Crippen LogP contribution in [0.2, 0.25) is 0 Å². The number of fused-ring (bicyclic) bond motifs is 1. The van der Waals surface area contributed by atoms with Crippen LogP contribution in [0.25, 0.3) is 11.2 Å². The number of nitrogens with zero attached hydrogens (tertiary/aromatic N) is 5. The number of carbonyl (C=O) groups is 1. The fourth-order valence-electron chi connectivity index (χ4n) is 3.73. The number of amides is 1. The van der Waals surface area contributed by atoms with E-state index < -0.39 is 0 Å². The van der Waals surface area contributed by atoms with Crippen LogP contribution in [0, 0.1) is 0 Å². The molecular formula is C17H21N5O2. The normalized spacial score (nSPS) is 25.3. The SMILES string of the molecule is C[C@@H]1[C@H](N2CCOCC2)CCN1C(=O)c1ccc2nccnc2n1. The van der Waals surface area contributed by atoms with Gasteiger partial charge in [0.05, 0.1) is 13.2 Å². The second-order valence-corrected chi connectivity index (χ2v) is 6.34. The number of morpholine rings is 1. The van der Waals surface area contributed by atoms with Gasteiger partial charge in [0.15, 0.2) is 5.65 Å². The van der Waals surface area contributed by atoms with Crippen molar-refractivity contribution in [3.63, 3.8) is 0 Å². The minimum atomic E-state index is -0.0224. The van der Waals surface area contributed by atoms with E-state index in [4.69, 9.17) is 4.74 Å². The van der Waals surface area contributed by atoms with Gasteiger partial charge in [0, 0.05) is 44.1 Å². The molecule has 4 rings (SSSR count). The molecule has 126 valence electrons. The topological polar surface area (TPSA) is 71.5 Å². The number of rotatable bonds is 2. The zero-order chi connectivity index (χ0) is 16.5. The van der Waals surface area contributed by atoms with Crippen LogP contribution in [-0.2, 0) is 4.74 Å². The van der Waals surface area contributed by atoms with Gasteiger partial charge in [-0.2, -0.15) is 0 Å². The summed E-state index contributed by atoms with van der Waals surface area (Å²) < 4.78 is 5.43. The van der Waals surface area contributed by atoms with E-state index in [0.29, 0.717) is 22.9 Å². The number of ether oxygens (including phenoxy) is 1. The van der Waals surface area contributed by atoms with Crippen molar-refractivity contribution in [2.45, 2.75) is 25.4 Å². The van der Waals surface area contributed by atoms with Crippen LogP contribution in [-0.4, -0.2) is 75.6 Å². The molecule has 0 aromatic carbocycles. The summed E-state index contributed by atoms with van der Waals surface area (Å²) in [6, 6.07) is 4.13. The number of hydrogen-bond donors (Lipinski definition) is 0. The first-order valence-corrected chi connectivity index (χ1v) is 8.44. The molecule has 0 unspecified atom stereocenters. The molecule has 0 saturated carbocycles. The van der Waals surface area contributed by atoms with Gasteiger partial charge in [0.2, 0.25) is 0 Å². The van der Waals surface area contributed by atoms with Gasteiger partial charge < -0.3 is 9.64 Å². The lowest BCUT2D eigenvalue weighted by Crippen LogP contribution is -2.49. The fourth-order valence-corrected chi connectivity index (χ4v) is 3.73. The number of aromatic nitrogens is 3. The van der Waals surface area contributed by atoms with Gasteiger partial charge in [-0.15, -0.1) is 0 Å². The van der Waals surface area contributed by atoms with Crippen molar-refractivity contribution >= 4 is 17.1 Å². The number of hydrogen-bond acceptors (Lipinski definition) is 6. The summed E-state index contributed by atoms with van der Waals surface area (Å²) >= 11 is 0. The molecule has 1 amide bonds. The number of pyridine rings is 1. The lowest BCUT2D eigenvalue weighted by molar-refractivity contribution is 0.0104. The molecular weight excluding hydrogens is 306 g/mol. The maximum Gasteiger partial charge on any atom is 0.272 e. The lowest BCUT2D eigenvalue weighted by atomic mass is 10.1. The van der Waals surface area contributed by atoms with Crippen LogP contribution in [0.3, 0.4) is 0 Å². The Hall–Kier alpha value is -2.12. The van der Waals surface area contributed by atoms with Gasteiger partial charge in [-0.25, -0.2) is 9.97 Å². The van der Waals surface area contributed by atoms with E-state index in [9.17, 15) is 4.79 Å². The molecule has 2 atom stereocenters. The summed E-state index contributed by atoms with van der Waals surface area (Å²) in [7, 11) is 0. The molecule has 24 heavy (non-hydrogen) atoms. The average Bonchev–Trinajstić information content (AvgIpc) is 3.03. The Morgan fingerprint density at radius 1 is 1.17 bits per heavy atom. The molecule has 7 nitrogen and oxygen atoms in total. The summed E-state index contributed by atoms with van der Waals surface area (Å²) in [6.45, 7) is 6.35. The van der Waals surface area contributed by atoms with Crippen LogP contribution < -0.4 is 0 Å². The molecule has 0 N–H and O–H groups in total. The summed E-state index contributed by atoms with van der Waals surface area (Å²) in [4.78, 5) is 30.1. The zero-order valence-corrected chi connectivity index (χ0v) is 13.8. The predicted octanol–water partition coefficient (Wildman–Crippen LogP) is 0.960. The zero-order valence-electron chi connectivity index (χ0n) is 13.8. The third kappa shape index (κ3) is 2.74. The first-order chi connectivity index (χ1) is 11.7. The first-order valence-electron chi connectivity index (χ1n) is 8.44. The van der Waals surface area contributed by atoms with Crippen LogP contribution in [0.15, 0.2) is 24.5 Å². The van der Waals surface area contributed by atoms with Crippen LogP contribution >= 0.6 is 0 Å². The highest BCUT2D eigenvalue weighted by atomic mass is 16.5. The first kappa shape index (κ1) is 15.4. The standard InChI is InChI=1S/C17H21N5O2/c1-12-15(21-8-10-24-11-9-21)4-7-22(12)17(23)14-3-2-13-16(20-14)19-6-5-18-13/h2-3,5-6,12,15H,4,7-11H2,1H3/t12-,15-/m1/s1. The van der Waals surface area contributed by atoms with E-state index in [0.717, 1.165) is 39.3 Å². The van der Waals surface area contributed by atoms with E-state index in [-0.39, 0.29) is 11.9 Å². The number of carbonyl (C=O) groups excluding carboxylic acids is 1. The molecule has 0 bridgehead atoms. The Bertz CT molecular complexity index is 747. The summed E-state index contributed by atoms with van der Waals surface area (Å²) in [5.74, 6) is -0.0224. The molecule has 2 aromatic rings. The second kappa shape index (κ2) is 6.41. The highest BCUT2D eigenvalue weighted by Crippen LogP contribution is 2.25. The van der Waals surface area contributed by atoms with Crippen molar-refractivity contribution in [3.05, 3.63) is 30.2 Å². The smallest absolute Gasteiger partial charge is 0.272 e. The Morgan fingerprint density at radius 3 is 2.79 bits per heavy atom. The third-order valence-corrected chi connectivity index (χ3v) is 5.04. The maximum atomic E-state index is 12.9. The van der Waals surface area contributed by atoms with Crippen molar-refractivity contribution in [2.24, 2.45) is 0 Å². The summed E-state index contributed by atoms with van der Waals surface area (Å²) in [5, 5.41) is 0. The minimum absolute atomic E-state index is 0.0224. The molecule has 0 aliphatic carbocycles. The Balaban J connectivity index is 1.53. The highest BCUT2D eigenvalue weighted by Gasteiger charge is 2.38. The van der Waals surface area contributed by atoms with Crippen molar-refractivity contribution in [1.82, 2.24) is 24.8 Å². The predicted molar refractivity (Wildman–Crippen MR) is 88.6 cm³/mol. The van der Waals surface area contributed by atoms with E-state index >= 15 is 0 Å². The molecule has 2 aromatic heterocycles. The van der Waals surface area contributed by atoms with Gasteiger partial charge in [-0.1, -0.05) is 0 Å². The average molecular weight is 327 g/mol. The van der Waals surface area contributed by atoms with Crippen LogP contribution in [0.4, 0.5) is 0 Å². The van der Waals surface area contributed by atoms with Gasteiger partial charge in [-0.3, -0.25) is 14.7 Å². The molecule has 2 aliphatic heterocycles.